The topological polar surface area (TPSA) is 54.5 Å². The summed E-state index contributed by atoms with van der Waals surface area (Å²) in [6.07, 6.45) is 2.22. The van der Waals surface area contributed by atoms with Gasteiger partial charge < -0.3 is 15.0 Å². The number of benzene rings is 2. The first-order valence-corrected chi connectivity index (χ1v) is 10.5. The fourth-order valence-electron chi connectivity index (χ4n) is 3.69. The van der Waals surface area contributed by atoms with Gasteiger partial charge in [-0.3, -0.25) is 9.78 Å². The minimum absolute atomic E-state index is 0. The summed E-state index contributed by atoms with van der Waals surface area (Å²) in [5.41, 5.74) is 4.70. The molecule has 1 fully saturated rings. The van der Waals surface area contributed by atoms with Crippen LogP contribution in [0, 0.1) is 5.82 Å². The van der Waals surface area contributed by atoms with Gasteiger partial charge in [0.25, 0.3) is 0 Å². The molecule has 1 amide bonds. The van der Waals surface area contributed by atoms with Gasteiger partial charge in [-0.2, -0.15) is 13.5 Å². The van der Waals surface area contributed by atoms with E-state index in [1.165, 1.54) is 17.8 Å². The molecule has 1 N–H and O–H groups in total. The summed E-state index contributed by atoms with van der Waals surface area (Å²) in [4.78, 5) is 19.0. The Bertz CT molecular complexity index is 1030. The zero-order chi connectivity index (χ0) is 21.6. The lowest BCUT2D eigenvalue weighted by Crippen LogP contribution is -2.41. The fraction of sp³-hybridized carbons (Fsp3) is 0.280. The number of amides is 1. The summed E-state index contributed by atoms with van der Waals surface area (Å²) in [6, 6.07) is 18.5. The predicted molar refractivity (Wildman–Crippen MR) is 130 cm³/mol. The van der Waals surface area contributed by atoms with E-state index in [1.807, 2.05) is 12.1 Å². The van der Waals surface area contributed by atoms with E-state index in [-0.39, 0.29) is 37.7 Å². The van der Waals surface area contributed by atoms with Gasteiger partial charge in [0, 0.05) is 42.8 Å². The maximum Gasteiger partial charge on any atom is 0.226 e. The quantitative estimate of drug-likeness (QED) is 0.611. The number of aromatic nitrogens is 1. The summed E-state index contributed by atoms with van der Waals surface area (Å²) in [7, 11) is 0. The molecule has 0 spiro atoms. The Morgan fingerprint density at radius 3 is 2.62 bits per heavy atom. The number of hydrogen-bond acceptors (Lipinski definition) is 4. The predicted octanol–water partition coefficient (Wildman–Crippen LogP) is 4.08. The lowest BCUT2D eigenvalue weighted by atomic mass is 10.1. The Hall–Kier alpha value is -2.90. The molecule has 1 saturated heterocycles. The molecule has 32 heavy (non-hydrogen) atoms. The van der Waals surface area contributed by atoms with Crippen LogP contribution in [0.1, 0.15) is 18.2 Å². The van der Waals surface area contributed by atoms with Crippen LogP contribution in [0.25, 0.3) is 11.1 Å². The number of ether oxygens (including phenoxy) is 1. The first kappa shape index (κ1) is 23.8. The molecule has 2 aromatic carbocycles. The zero-order valence-corrected chi connectivity index (χ0v) is 19.1. The third-order valence-corrected chi connectivity index (χ3v) is 5.35. The van der Waals surface area contributed by atoms with Crippen LogP contribution in [0.5, 0.6) is 0 Å². The van der Waals surface area contributed by atoms with Crippen molar-refractivity contribution in [1.29, 1.82) is 0 Å². The Morgan fingerprint density at radius 2 is 1.94 bits per heavy atom. The van der Waals surface area contributed by atoms with Gasteiger partial charge in [-0.1, -0.05) is 30.3 Å². The third-order valence-electron chi connectivity index (χ3n) is 5.35. The van der Waals surface area contributed by atoms with Gasteiger partial charge in [-0.05, 0) is 48.4 Å². The normalized spacial score (nSPS) is 15.7. The zero-order valence-electron chi connectivity index (χ0n) is 18.1. The van der Waals surface area contributed by atoms with Crippen molar-refractivity contribution in [2.75, 3.05) is 24.6 Å². The number of rotatable bonds is 6. The van der Waals surface area contributed by atoms with E-state index in [0.717, 1.165) is 36.4 Å². The number of nitrogens with zero attached hydrogens (tertiary/aromatic N) is 2. The maximum atomic E-state index is 13.2. The number of hydrogen-bond donors (Lipinski definition) is 1. The highest BCUT2D eigenvalue weighted by Gasteiger charge is 2.16. The van der Waals surface area contributed by atoms with Gasteiger partial charge in [-0.15, -0.1) is 0 Å². The molecular formula is C25H28FN3O2S. The molecule has 5 nitrogen and oxygen atoms in total. The fourth-order valence-corrected chi connectivity index (χ4v) is 3.69. The lowest BCUT2D eigenvalue weighted by Gasteiger charge is -2.33. The largest absolute Gasteiger partial charge is 0.375 e. The van der Waals surface area contributed by atoms with Crippen molar-refractivity contribution < 1.29 is 13.9 Å². The van der Waals surface area contributed by atoms with Crippen molar-refractivity contribution >= 4 is 25.1 Å². The van der Waals surface area contributed by atoms with Gasteiger partial charge >= 0.3 is 0 Å². The van der Waals surface area contributed by atoms with E-state index in [9.17, 15) is 9.18 Å². The van der Waals surface area contributed by atoms with Crippen LogP contribution in [0.2, 0.25) is 0 Å². The lowest BCUT2D eigenvalue weighted by molar-refractivity contribution is -0.120. The minimum atomic E-state index is -0.309. The van der Waals surface area contributed by atoms with E-state index in [1.54, 1.807) is 18.3 Å². The first-order chi connectivity index (χ1) is 15.1. The average Bonchev–Trinajstić information content (AvgIpc) is 2.78. The number of pyridine rings is 1. The summed E-state index contributed by atoms with van der Waals surface area (Å²) >= 11 is 0. The highest BCUT2D eigenvalue weighted by atomic mass is 32.1. The molecule has 1 aliphatic rings. The van der Waals surface area contributed by atoms with Gasteiger partial charge in [0.1, 0.15) is 5.82 Å². The Morgan fingerprint density at radius 1 is 1.16 bits per heavy atom. The highest BCUT2D eigenvalue weighted by molar-refractivity contribution is 7.59. The van der Waals surface area contributed by atoms with Gasteiger partial charge in [0.2, 0.25) is 5.91 Å². The molecule has 1 unspecified atom stereocenters. The molecule has 0 bridgehead atoms. The van der Waals surface area contributed by atoms with Crippen molar-refractivity contribution in [1.82, 2.24) is 10.3 Å². The van der Waals surface area contributed by atoms with E-state index >= 15 is 0 Å². The molecule has 7 heteroatoms. The van der Waals surface area contributed by atoms with Crippen LogP contribution in [-0.2, 0) is 22.5 Å². The van der Waals surface area contributed by atoms with Crippen molar-refractivity contribution in [2.24, 2.45) is 0 Å². The van der Waals surface area contributed by atoms with E-state index in [4.69, 9.17) is 4.74 Å². The number of carbonyl (C=O) groups is 1. The molecule has 0 aliphatic carbocycles. The molecule has 4 rings (SSSR count). The Labute approximate surface area is 195 Å². The molecule has 3 aromatic rings. The smallest absolute Gasteiger partial charge is 0.226 e. The third kappa shape index (κ3) is 6.31. The van der Waals surface area contributed by atoms with Gasteiger partial charge in [0.05, 0.1) is 19.1 Å². The molecule has 1 atom stereocenters. The van der Waals surface area contributed by atoms with Gasteiger partial charge in [-0.25, -0.2) is 4.39 Å². The second-order valence-corrected chi connectivity index (χ2v) is 7.80. The van der Waals surface area contributed by atoms with Crippen molar-refractivity contribution in [3.63, 3.8) is 0 Å². The van der Waals surface area contributed by atoms with Crippen LogP contribution in [0.15, 0.2) is 66.9 Å². The summed E-state index contributed by atoms with van der Waals surface area (Å²) in [6.45, 7) is 4.95. The monoisotopic (exact) mass is 453 g/mol. The average molecular weight is 454 g/mol. The maximum absolute atomic E-state index is 13.2. The molecular weight excluding hydrogens is 425 g/mol. The molecule has 1 aliphatic heterocycles. The van der Waals surface area contributed by atoms with Crippen LogP contribution < -0.4 is 10.2 Å². The standard InChI is InChI=1S/C25H26FN3O2.H2S/c1-18-17-29(11-12-31-18)24-9-6-20(7-10-24)21-5-8-23(27-16-21)14-25(30)28-15-19-3-2-4-22(26)13-19;/h2-10,13,16,18H,11-12,14-15,17H2,1H3,(H,28,30);1H2. The van der Waals surface area contributed by atoms with Crippen molar-refractivity contribution in [2.45, 2.75) is 26.0 Å². The van der Waals surface area contributed by atoms with Gasteiger partial charge in [0.15, 0.2) is 0 Å². The summed E-state index contributed by atoms with van der Waals surface area (Å²) in [5, 5.41) is 2.80. The van der Waals surface area contributed by atoms with Crippen molar-refractivity contribution in [3.8, 4) is 11.1 Å². The minimum Gasteiger partial charge on any atom is -0.375 e. The van der Waals surface area contributed by atoms with Crippen LogP contribution in [0.3, 0.4) is 0 Å². The number of morpholine rings is 1. The Balaban J connectivity index is 0.00000289. The van der Waals surface area contributed by atoms with E-state index in [2.05, 4.69) is 46.4 Å². The van der Waals surface area contributed by atoms with Crippen LogP contribution >= 0.6 is 13.5 Å². The summed E-state index contributed by atoms with van der Waals surface area (Å²) < 4.78 is 18.8. The van der Waals surface area contributed by atoms with Crippen molar-refractivity contribution in [3.05, 3.63) is 83.9 Å². The van der Waals surface area contributed by atoms with Crippen LogP contribution in [-0.4, -0.2) is 36.7 Å². The number of anilines is 1. The molecule has 1 aromatic heterocycles. The first-order valence-electron chi connectivity index (χ1n) is 10.5. The number of carbonyl (C=O) groups excluding carboxylic acids is 1. The molecule has 0 saturated carbocycles. The second-order valence-electron chi connectivity index (χ2n) is 7.80. The molecule has 0 radical (unpaired) electrons. The number of halogens is 1. The van der Waals surface area contributed by atoms with Crippen LogP contribution in [0.4, 0.5) is 10.1 Å². The number of nitrogens with one attached hydrogen (secondary N) is 1. The SMILES string of the molecule is CC1CN(c2ccc(-c3ccc(CC(=O)NCc4cccc(F)c4)nc3)cc2)CCO1.S. The second kappa shape index (κ2) is 11.1. The summed E-state index contributed by atoms with van der Waals surface area (Å²) in [5.74, 6) is -0.454. The van der Waals surface area contributed by atoms with E-state index in [0.29, 0.717) is 12.2 Å². The van der Waals surface area contributed by atoms with E-state index < -0.39 is 0 Å². The molecule has 2 heterocycles. The Kier molecular flexibility index (Phi) is 8.25. The highest BCUT2D eigenvalue weighted by Crippen LogP contribution is 2.24. The molecule has 168 valence electrons.